The molecule has 2 rings (SSSR count). The number of aryl methyl sites for hydroxylation is 1. The minimum absolute atomic E-state index is 0.0751. The van der Waals surface area contributed by atoms with E-state index in [1.807, 2.05) is 0 Å². The Bertz CT molecular complexity index is 651. The summed E-state index contributed by atoms with van der Waals surface area (Å²) in [5.41, 5.74) is 0.0751. The molecule has 0 saturated heterocycles. The van der Waals surface area contributed by atoms with Crippen molar-refractivity contribution >= 4 is 11.8 Å². The maximum Gasteiger partial charge on any atom is 0.390 e. The molecule has 0 amide bonds. The summed E-state index contributed by atoms with van der Waals surface area (Å²) in [6.07, 6.45) is 2.63. The van der Waals surface area contributed by atoms with Crippen molar-refractivity contribution in [1.29, 1.82) is 0 Å². The van der Waals surface area contributed by atoms with Gasteiger partial charge in [0.15, 0.2) is 5.82 Å². The second-order valence-electron chi connectivity index (χ2n) is 3.52. The first kappa shape index (κ1) is 12.6. The molecule has 0 N–H and O–H groups in total. The van der Waals surface area contributed by atoms with E-state index < -0.39 is 10.9 Å². The highest BCUT2D eigenvalue weighted by Gasteiger charge is 2.20. The lowest BCUT2D eigenvalue weighted by Gasteiger charge is -2.04. The van der Waals surface area contributed by atoms with Crippen LogP contribution in [0.25, 0.3) is 5.82 Å². The Kier molecular flexibility index (Phi) is 3.19. The lowest BCUT2D eigenvalue weighted by atomic mass is 10.3. The SMILES string of the molecule is COC(=O)c1cnc(C)nc1-n1ccc([N+](=O)[O-])n1. The van der Waals surface area contributed by atoms with Crippen LogP contribution < -0.4 is 0 Å². The fourth-order valence-corrected chi connectivity index (χ4v) is 1.42. The van der Waals surface area contributed by atoms with Gasteiger partial charge in [-0.1, -0.05) is 0 Å². The smallest absolute Gasteiger partial charge is 0.390 e. The molecule has 2 heterocycles. The Balaban J connectivity index is 2.55. The van der Waals surface area contributed by atoms with Gasteiger partial charge in [-0.05, 0) is 11.8 Å². The third kappa shape index (κ3) is 2.39. The van der Waals surface area contributed by atoms with Crippen molar-refractivity contribution in [1.82, 2.24) is 19.7 Å². The van der Waals surface area contributed by atoms with E-state index in [2.05, 4.69) is 19.8 Å². The maximum absolute atomic E-state index is 11.6. The summed E-state index contributed by atoms with van der Waals surface area (Å²) in [6.45, 7) is 1.63. The van der Waals surface area contributed by atoms with Crippen molar-refractivity contribution in [3.8, 4) is 5.82 Å². The van der Waals surface area contributed by atoms with E-state index in [-0.39, 0.29) is 17.2 Å². The van der Waals surface area contributed by atoms with Gasteiger partial charge >= 0.3 is 11.8 Å². The van der Waals surface area contributed by atoms with E-state index in [1.54, 1.807) is 6.92 Å². The first-order chi connectivity index (χ1) is 9.02. The number of nitro groups is 1. The second kappa shape index (κ2) is 4.80. The van der Waals surface area contributed by atoms with Gasteiger partial charge in [-0.3, -0.25) is 0 Å². The average Bonchev–Trinajstić information content (AvgIpc) is 2.87. The Morgan fingerprint density at radius 2 is 2.26 bits per heavy atom. The van der Waals surface area contributed by atoms with Crippen LogP contribution in [0.1, 0.15) is 16.2 Å². The lowest BCUT2D eigenvalue weighted by molar-refractivity contribution is -0.389. The zero-order chi connectivity index (χ0) is 14.0. The molecule has 0 bridgehead atoms. The quantitative estimate of drug-likeness (QED) is 0.454. The molecule has 9 nitrogen and oxygen atoms in total. The summed E-state index contributed by atoms with van der Waals surface area (Å²) in [5, 5.41) is 14.3. The van der Waals surface area contributed by atoms with Gasteiger partial charge in [0.1, 0.15) is 11.4 Å². The standard InChI is InChI=1S/C10H9N5O4/c1-6-11-5-7(10(16)19-2)9(12-6)14-4-3-8(13-14)15(17)18/h3-5H,1-2H3. The summed E-state index contributed by atoms with van der Waals surface area (Å²) in [6, 6.07) is 1.21. The number of carbonyl (C=O) groups excluding carboxylic acids is 1. The molecule has 0 aliphatic heterocycles. The maximum atomic E-state index is 11.6. The molecular weight excluding hydrogens is 254 g/mol. The second-order valence-corrected chi connectivity index (χ2v) is 3.52. The molecular formula is C10H9N5O4. The van der Waals surface area contributed by atoms with E-state index in [1.165, 1.54) is 25.6 Å². The highest BCUT2D eigenvalue weighted by Crippen LogP contribution is 2.15. The molecule has 9 heteroatoms. The van der Waals surface area contributed by atoms with E-state index in [9.17, 15) is 14.9 Å². The van der Waals surface area contributed by atoms with Gasteiger partial charge in [-0.15, -0.1) is 4.68 Å². The number of rotatable bonds is 3. The number of hydrogen-bond donors (Lipinski definition) is 0. The average molecular weight is 263 g/mol. The molecule has 2 aromatic heterocycles. The van der Waals surface area contributed by atoms with Crippen LogP contribution in [-0.4, -0.2) is 37.8 Å². The van der Waals surface area contributed by atoms with E-state index in [0.29, 0.717) is 5.82 Å². The Morgan fingerprint density at radius 1 is 1.53 bits per heavy atom. The molecule has 0 aromatic carbocycles. The number of ether oxygens (including phenoxy) is 1. The van der Waals surface area contributed by atoms with Crippen molar-refractivity contribution in [3.05, 3.63) is 40.0 Å². The third-order valence-electron chi connectivity index (χ3n) is 2.27. The van der Waals surface area contributed by atoms with Crippen molar-refractivity contribution in [3.63, 3.8) is 0 Å². The molecule has 0 aliphatic carbocycles. The van der Waals surface area contributed by atoms with Crippen molar-refractivity contribution in [2.24, 2.45) is 0 Å². The van der Waals surface area contributed by atoms with Gasteiger partial charge in [-0.2, -0.15) is 0 Å². The van der Waals surface area contributed by atoms with Gasteiger partial charge in [0, 0.05) is 6.20 Å². The molecule has 98 valence electrons. The minimum atomic E-state index is -0.645. The summed E-state index contributed by atoms with van der Waals surface area (Å²) >= 11 is 0. The number of nitrogens with zero attached hydrogens (tertiary/aromatic N) is 5. The Hall–Kier alpha value is -2.84. The van der Waals surface area contributed by atoms with Crippen LogP contribution in [0.2, 0.25) is 0 Å². The van der Waals surface area contributed by atoms with Crippen LogP contribution in [0, 0.1) is 17.0 Å². The highest BCUT2D eigenvalue weighted by molar-refractivity contribution is 5.92. The fourth-order valence-electron chi connectivity index (χ4n) is 1.42. The molecule has 0 unspecified atom stereocenters. The summed E-state index contributed by atoms with van der Waals surface area (Å²) in [5.74, 6) is -0.450. The molecule has 0 fully saturated rings. The van der Waals surface area contributed by atoms with E-state index in [4.69, 9.17) is 0 Å². The van der Waals surface area contributed by atoms with Gasteiger partial charge in [0.2, 0.25) is 0 Å². The molecule has 0 saturated carbocycles. The zero-order valence-corrected chi connectivity index (χ0v) is 10.1. The molecule has 19 heavy (non-hydrogen) atoms. The largest absolute Gasteiger partial charge is 0.465 e. The summed E-state index contributed by atoms with van der Waals surface area (Å²) in [7, 11) is 1.22. The van der Waals surface area contributed by atoms with E-state index in [0.717, 1.165) is 4.68 Å². The normalized spacial score (nSPS) is 10.2. The van der Waals surface area contributed by atoms with Crippen LogP contribution in [0.5, 0.6) is 0 Å². The molecule has 0 atom stereocenters. The third-order valence-corrected chi connectivity index (χ3v) is 2.27. The van der Waals surface area contributed by atoms with Crippen LogP contribution in [0.15, 0.2) is 18.5 Å². The predicted octanol–water partition coefficient (Wildman–Crippen LogP) is 0.666. The Morgan fingerprint density at radius 3 is 2.84 bits per heavy atom. The van der Waals surface area contributed by atoms with Crippen molar-refractivity contribution in [2.75, 3.05) is 7.11 Å². The Labute approximate surface area is 107 Å². The highest BCUT2D eigenvalue weighted by atomic mass is 16.6. The van der Waals surface area contributed by atoms with Gasteiger partial charge in [0.25, 0.3) is 0 Å². The monoisotopic (exact) mass is 263 g/mol. The zero-order valence-electron chi connectivity index (χ0n) is 10.1. The van der Waals surface area contributed by atoms with Crippen LogP contribution in [-0.2, 0) is 4.74 Å². The first-order valence-electron chi connectivity index (χ1n) is 5.15. The number of esters is 1. The van der Waals surface area contributed by atoms with Gasteiger partial charge < -0.3 is 14.9 Å². The van der Waals surface area contributed by atoms with Crippen LogP contribution in [0.4, 0.5) is 5.82 Å². The topological polar surface area (TPSA) is 113 Å². The minimum Gasteiger partial charge on any atom is -0.465 e. The van der Waals surface area contributed by atoms with Gasteiger partial charge in [0.05, 0.1) is 24.5 Å². The summed E-state index contributed by atoms with van der Waals surface area (Å²) in [4.78, 5) is 29.5. The van der Waals surface area contributed by atoms with Crippen molar-refractivity contribution in [2.45, 2.75) is 6.92 Å². The van der Waals surface area contributed by atoms with E-state index >= 15 is 0 Å². The predicted molar refractivity (Wildman–Crippen MR) is 61.9 cm³/mol. The fraction of sp³-hybridized carbons (Fsp3) is 0.200. The number of hydrogen-bond acceptors (Lipinski definition) is 7. The van der Waals surface area contributed by atoms with Crippen LogP contribution >= 0.6 is 0 Å². The molecule has 2 aromatic rings. The van der Waals surface area contributed by atoms with Crippen molar-refractivity contribution < 1.29 is 14.5 Å². The number of methoxy groups -OCH3 is 1. The van der Waals surface area contributed by atoms with Crippen LogP contribution in [0.3, 0.4) is 0 Å². The molecule has 0 radical (unpaired) electrons. The number of aromatic nitrogens is 4. The first-order valence-corrected chi connectivity index (χ1v) is 5.15. The lowest BCUT2D eigenvalue weighted by Crippen LogP contribution is -2.12. The molecule has 0 spiro atoms. The summed E-state index contributed by atoms with van der Waals surface area (Å²) < 4.78 is 5.74. The molecule has 0 aliphatic rings. The number of carbonyl (C=O) groups is 1. The van der Waals surface area contributed by atoms with Gasteiger partial charge in [-0.25, -0.2) is 14.8 Å².